The summed E-state index contributed by atoms with van der Waals surface area (Å²) in [5.74, 6) is 2.06. The Morgan fingerprint density at radius 2 is 2.04 bits per heavy atom. The first kappa shape index (κ1) is 21.7. The summed E-state index contributed by atoms with van der Waals surface area (Å²) in [7, 11) is 0. The molecule has 2 fully saturated rings. The number of allylic oxidation sites excluding steroid dienone is 1. The van der Waals surface area contributed by atoms with Crippen LogP contribution in [0, 0.1) is 17.3 Å². The van der Waals surface area contributed by atoms with Crippen molar-refractivity contribution in [3.05, 3.63) is 11.1 Å². The van der Waals surface area contributed by atoms with Crippen molar-refractivity contribution in [1.82, 2.24) is 4.90 Å². The SMILES string of the molecule is CC/C(Cl)=C\C1(C)C(CCN2CCC(CN)CC2)C1/N=C(\C)OC(C)C. The van der Waals surface area contributed by atoms with Gasteiger partial charge in [0, 0.05) is 17.4 Å². The van der Waals surface area contributed by atoms with Gasteiger partial charge in [0.1, 0.15) is 0 Å². The number of halogens is 1. The summed E-state index contributed by atoms with van der Waals surface area (Å²) in [5.41, 5.74) is 5.87. The predicted molar refractivity (Wildman–Crippen MR) is 112 cm³/mol. The number of piperidine rings is 1. The molecule has 2 aliphatic rings. The first-order chi connectivity index (χ1) is 12.3. The number of likely N-dealkylation sites (tertiary alicyclic amines) is 1. The van der Waals surface area contributed by atoms with Crippen LogP contribution in [0.2, 0.25) is 0 Å². The van der Waals surface area contributed by atoms with E-state index in [2.05, 4.69) is 24.8 Å². The van der Waals surface area contributed by atoms with Gasteiger partial charge in [-0.15, -0.1) is 0 Å². The Hall–Kier alpha value is -0.580. The highest BCUT2D eigenvalue weighted by atomic mass is 35.5. The van der Waals surface area contributed by atoms with Gasteiger partial charge in [0.25, 0.3) is 0 Å². The molecular formula is C21H38ClN3O. The minimum Gasteiger partial charge on any atom is -0.479 e. The van der Waals surface area contributed by atoms with E-state index < -0.39 is 0 Å². The topological polar surface area (TPSA) is 50.8 Å². The van der Waals surface area contributed by atoms with Gasteiger partial charge in [0.2, 0.25) is 0 Å². The molecule has 0 radical (unpaired) electrons. The first-order valence-electron chi connectivity index (χ1n) is 10.3. The standard InChI is InChI=1S/C21H38ClN3O/c1-6-18(22)13-21(5)19(20(21)24-16(4)26-15(2)3)9-12-25-10-7-17(14-23)8-11-25/h13,15,17,19-20H,6-12,14,23H2,1-5H3/b18-13+,24-16+. The van der Waals surface area contributed by atoms with Crippen molar-refractivity contribution >= 4 is 17.5 Å². The lowest BCUT2D eigenvalue weighted by Gasteiger charge is -2.31. The van der Waals surface area contributed by atoms with Crippen LogP contribution >= 0.6 is 11.6 Å². The number of aliphatic imine (C=N–C) groups is 1. The van der Waals surface area contributed by atoms with Gasteiger partial charge in [-0.3, -0.25) is 4.99 Å². The highest BCUT2D eigenvalue weighted by Gasteiger charge is 2.60. The zero-order chi connectivity index (χ0) is 19.3. The van der Waals surface area contributed by atoms with E-state index in [0.717, 1.165) is 42.8 Å². The maximum absolute atomic E-state index is 6.38. The van der Waals surface area contributed by atoms with Gasteiger partial charge in [0.05, 0.1) is 12.1 Å². The summed E-state index contributed by atoms with van der Waals surface area (Å²) >= 11 is 6.38. The Kier molecular flexibility index (Phi) is 7.99. The maximum Gasteiger partial charge on any atom is 0.180 e. The molecule has 0 aromatic rings. The van der Waals surface area contributed by atoms with Crippen molar-refractivity contribution < 1.29 is 4.74 Å². The van der Waals surface area contributed by atoms with Crippen LogP contribution in [0.1, 0.15) is 60.3 Å². The molecule has 4 nitrogen and oxygen atoms in total. The number of nitrogens with zero attached hydrogens (tertiary/aromatic N) is 2. The molecule has 1 aliphatic carbocycles. The summed E-state index contributed by atoms with van der Waals surface area (Å²) in [6, 6.07) is 0.281. The van der Waals surface area contributed by atoms with E-state index in [4.69, 9.17) is 27.1 Å². The van der Waals surface area contributed by atoms with Crippen LogP contribution in [0.5, 0.6) is 0 Å². The van der Waals surface area contributed by atoms with Crippen molar-refractivity contribution in [2.75, 3.05) is 26.2 Å². The third-order valence-electron chi connectivity index (χ3n) is 6.04. The normalized spacial score (nSPS) is 31.5. The van der Waals surface area contributed by atoms with E-state index >= 15 is 0 Å². The van der Waals surface area contributed by atoms with E-state index in [1.165, 1.54) is 25.9 Å². The second kappa shape index (κ2) is 9.57. The molecular weight excluding hydrogens is 346 g/mol. The molecule has 1 aliphatic heterocycles. The summed E-state index contributed by atoms with van der Waals surface area (Å²) in [6.07, 6.45) is 6.94. The van der Waals surface area contributed by atoms with Crippen LogP contribution in [-0.4, -0.2) is 49.1 Å². The zero-order valence-electron chi connectivity index (χ0n) is 17.3. The average Bonchev–Trinajstić information content (AvgIpc) is 3.13. The molecule has 3 unspecified atom stereocenters. The first-order valence-corrected chi connectivity index (χ1v) is 10.7. The van der Waals surface area contributed by atoms with Gasteiger partial charge in [-0.05, 0) is 77.5 Å². The lowest BCUT2D eigenvalue weighted by atomic mass is 9.96. The number of hydrogen-bond acceptors (Lipinski definition) is 4. The number of ether oxygens (including phenoxy) is 1. The van der Waals surface area contributed by atoms with Crippen molar-refractivity contribution in [2.45, 2.75) is 72.4 Å². The van der Waals surface area contributed by atoms with E-state index in [9.17, 15) is 0 Å². The summed E-state index contributed by atoms with van der Waals surface area (Å²) in [5, 5.41) is 0.946. The lowest BCUT2D eigenvalue weighted by molar-refractivity contribution is 0.181. The Balaban J connectivity index is 1.97. The van der Waals surface area contributed by atoms with Crippen LogP contribution in [-0.2, 0) is 4.74 Å². The van der Waals surface area contributed by atoms with E-state index in [0.29, 0.717) is 5.92 Å². The summed E-state index contributed by atoms with van der Waals surface area (Å²) in [6.45, 7) is 14.8. The van der Waals surface area contributed by atoms with E-state index in [1.807, 2.05) is 20.8 Å². The van der Waals surface area contributed by atoms with Crippen molar-refractivity contribution in [1.29, 1.82) is 0 Å². The summed E-state index contributed by atoms with van der Waals surface area (Å²) < 4.78 is 5.77. The van der Waals surface area contributed by atoms with Crippen molar-refractivity contribution in [3.8, 4) is 0 Å². The van der Waals surface area contributed by atoms with Crippen molar-refractivity contribution in [2.24, 2.45) is 28.0 Å². The highest BCUT2D eigenvalue weighted by molar-refractivity contribution is 6.29. The molecule has 26 heavy (non-hydrogen) atoms. The molecule has 0 aromatic heterocycles. The fraction of sp³-hybridized carbons (Fsp3) is 0.857. The second-order valence-corrected chi connectivity index (χ2v) is 8.97. The largest absolute Gasteiger partial charge is 0.479 e. The molecule has 0 spiro atoms. The maximum atomic E-state index is 6.38. The minimum absolute atomic E-state index is 0.0598. The third-order valence-corrected chi connectivity index (χ3v) is 6.41. The van der Waals surface area contributed by atoms with Gasteiger partial charge in [-0.1, -0.05) is 31.5 Å². The molecule has 150 valence electrons. The smallest absolute Gasteiger partial charge is 0.180 e. The number of hydrogen-bond donors (Lipinski definition) is 1. The van der Waals surface area contributed by atoms with Crippen LogP contribution < -0.4 is 5.73 Å². The average molecular weight is 384 g/mol. The number of nitrogens with two attached hydrogens (primary N) is 1. The Labute approximate surface area is 165 Å². The predicted octanol–water partition coefficient (Wildman–Crippen LogP) is 4.43. The second-order valence-electron chi connectivity index (χ2n) is 8.49. The molecule has 1 saturated carbocycles. The molecule has 3 atom stereocenters. The quantitative estimate of drug-likeness (QED) is 0.498. The van der Waals surface area contributed by atoms with Gasteiger partial charge in [-0.25, -0.2) is 0 Å². The van der Waals surface area contributed by atoms with Crippen LogP contribution in [0.3, 0.4) is 0 Å². The fourth-order valence-corrected chi connectivity index (χ4v) is 4.50. The zero-order valence-corrected chi connectivity index (χ0v) is 18.1. The van der Waals surface area contributed by atoms with E-state index in [1.54, 1.807) is 0 Å². The molecule has 2 N–H and O–H groups in total. The van der Waals surface area contributed by atoms with E-state index in [-0.39, 0.29) is 17.6 Å². The van der Waals surface area contributed by atoms with Crippen molar-refractivity contribution in [3.63, 3.8) is 0 Å². The number of rotatable bonds is 8. The molecule has 0 aromatic carbocycles. The Morgan fingerprint density at radius 1 is 1.38 bits per heavy atom. The monoisotopic (exact) mass is 383 g/mol. The molecule has 0 amide bonds. The van der Waals surface area contributed by atoms with Crippen LogP contribution in [0.15, 0.2) is 16.1 Å². The fourth-order valence-electron chi connectivity index (χ4n) is 4.26. The van der Waals surface area contributed by atoms with Crippen LogP contribution in [0.4, 0.5) is 0 Å². The van der Waals surface area contributed by atoms with Gasteiger partial charge in [-0.2, -0.15) is 0 Å². The third kappa shape index (κ3) is 5.71. The molecule has 5 heteroatoms. The summed E-state index contributed by atoms with van der Waals surface area (Å²) in [4.78, 5) is 7.49. The van der Waals surface area contributed by atoms with Gasteiger partial charge >= 0.3 is 0 Å². The minimum atomic E-state index is 0.0598. The molecule has 1 heterocycles. The molecule has 1 saturated heterocycles. The molecule has 0 bridgehead atoms. The van der Waals surface area contributed by atoms with Gasteiger partial charge in [0.15, 0.2) is 5.90 Å². The lowest BCUT2D eigenvalue weighted by Crippen LogP contribution is -2.36. The van der Waals surface area contributed by atoms with Crippen LogP contribution in [0.25, 0.3) is 0 Å². The highest BCUT2D eigenvalue weighted by Crippen LogP contribution is 2.58. The Morgan fingerprint density at radius 3 is 2.58 bits per heavy atom. The molecule has 2 rings (SSSR count). The Bertz CT molecular complexity index is 511. The van der Waals surface area contributed by atoms with Gasteiger partial charge < -0.3 is 15.4 Å².